The van der Waals surface area contributed by atoms with Crippen LogP contribution in [-0.2, 0) is 6.42 Å². The lowest BCUT2D eigenvalue weighted by atomic mass is 10.3. The Balaban J connectivity index is 2.58. The normalized spacial score (nSPS) is 9.44. The van der Waals surface area contributed by atoms with Crippen molar-refractivity contribution in [2.45, 2.75) is 13.3 Å². The summed E-state index contributed by atoms with van der Waals surface area (Å²) in [7, 11) is 0. The van der Waals surface area contributed by atoms with Gasteiger partial charge in [0.15, 0.2) is 0 Å². The van der Waals surface area contributed by atoms with E-state index in [-0.39, 0.29) is 0 Å². The van der Waals surface area contributed by atoms with Crippen molar-refractivity contribution in [3.05, 3.63) is 12.3 Å². The lowest BCUT2D eigenvalue weighted by molar-refractivity contribution is 0.510. The molecular weight excluding hydrogens is 118 g/mol. The topological polar surface area (TPSA) is 62.8 Å². The van der Waals surface area contributed by atoms with Gasteiger partial charge in [-0.15, -0.1) is 10.2 Å². The van der Waals surface area contributed by atoms with E-state index in [4.69, 9.17) is 9.83 Å². The fourth-order valence-corrected chi connectivity index (χ4v) is 0.500. The van der Waals surface area contributed by atoms with E-state index in [1.807, 2.05) is 0 Å². The summed E-state index contributed by atoms with van der Waals surface area (Å²) < 4.78 is 4.78. The van der Waals surface area contributed by atoms with Crippen LogP contribution in [0.2, 0.25) is 0 Å². The highest BCUT2D eigenvalue weighted by atomic mass is 16.4. The van der Waals surface area contributed by atoms with E-state index in [1.165, 1.54) is 6.39 Å². The van der Waals surface area contributed by atoms with E-state index in [9.17, 15) is 0 Å². The SMILES string of the molecule is CC(=N)Cc1nnco1. The molecule has 0 radical (unpaired) electrons. The number of hydrogen-bond donors (Lipinski definition) is 1. The van der Waals surface area contributed by atoms with Crippen molar-refractivity contribution < 1.29 is 4.42 Å². The zero-order valence-electron chi connectivity index (χ0n) is 5.09. The fourth-order valence-electron chi connectivity index (χ4n) is 0.500. The highest BCUT2D eigenvalue weighted by molar-refractivity contribution is 5.79. The van der Waals surface area contributed by atoms with Crippen LogP contribution in [0.4, 0.5) is 0 Å². The summed E-state index contributed by atoms with van der Waals surface area (Å²) in [5.74, 6) is 0.502. The molecule has 1 aromatic rings. The van der Waals surface area contributed by atoms with Crippen LogP contribution >= 0.6 is 0 Å². The lowest BCUT2D eigenvalue weighted by Crippen LogP contribution is -1.94. The van der Waals surface area contributed by atoms with Crippen LogP contribution in [0.3, 0.4) is 0 Å². The van der Waals surface area contributed by atoms with Gasteiger partial charge in [0.25, 0.3) is 0 Å². The predicted molar refractivity (Wildman–Crippen MR) is 31.4 cm³/mol. The minimum absolute atomic E-state index is 0.458. The molecule has 1 heterocycles. The minimum atomic E-state index is 0.458. The third kappa shape index (κ3) is 1.64. The number of nitrogens with one attached hydrogen (secondary N) is 1. The molecule has 4 heteroatoms. The van der Waals surface area contributed by atoms with E-state index in [1.54, 1.807) is 6.92 Å². The van der Waals surface area contributed by atoms with Gasteiger partial charge in [-0.1, -0.05) is 0 Å². The van der Waals surface area contributed by atoms with Gasteiger partial charge in [0.1, 0.15) is 0 Å². The first-order valence-corrected chi connectivity index (χ1v) is 2.58. The summed E-state index contributed by atoms with van der Waals surface area (Å²) >= 11 is 0. The van der Waals surface area contributed by atoms with Crippen LogP contribution in [0.15, 0.2) is 10.8 Å². The molecule has 1 N–H and O–H groups in total. The van der Waals surface area contributed by atoms with Gasteiger partial charge in [-0.3, -0.25) is 0 Å². The maximum Gasteiger partial charge on any atom is 0.221 e. The van der Waals surface area contributed by atoms with Gasteiger partial charge < -0.3 is 9.83 Å². The Morgan fingerprint density at radius 2 is 2.67 bits per heavy atom. The smallest absolute Gasteiger partial charge is 0.221 e. The van der Waals surface area contributed by atoms with Crippen molar-refractivity contribution in [1.82, 2.24) is 10.2 Å². The van der Waals surface area contributed by atoms with Crippen molar-refractivity contribution in [2.75, 3.05) is 0 Å². The minimum Gasteiger partial charge on any atom is -0.428 e. The molecule has 0 unspecified atom stereocenters. The van der Waals surface area contributed by atoms with Gasteiger partial charge in [-0.25, -0.2) is 0 Å². The van der Waals surface area contributed by atoms with E-state index in [2.05, 4.69) is 10.2 Å². The summed E-state index contributed by atoms with van der Waals surface area (Å²) in [6.07, 6.45) is 1.72. The number of hydrogen-bond acceptors (Lipinski definition) is 4. The Labute approximate surface area is 52.4 Å². The molecule has 0 amide bonds. The molecule has 0 bridgehead atoms. The highest BCUT2D eigenvalue weighted by Crippen LogP contribution is 1.92. The van der Waals surface area contributed by atoms with Gasteiger partial charge in [0, 0.05) is 5.71 Å². The first kappa shape index (κ1) is 5.94. The monoisotopic (exact) mass is 125 g/mol. The summed E-state index contributed by atoms with van der Waals surface area (Å²) in [6, 6.07) is 0. The van der Waals surface area contributed by atoms with Crippen LogP contribution in [-0.4, -0.2) is 15.9 Å². The van der Waals surface area contributed by atoms with Crippen molar-refractivity contribution in [1.29, 1.82) is 5.41 Å². The third-order valence-electron chi connectivity index (χ3n) is 0.822. The molecule has 0 saturated heterocycles. The molecule has 0 aliphatic rings. The maximum absolute atomic E-state index is 7.04. The van der Waals surface area contributed by atoms with Gasteiger partial charge in [0.05, 0.1) is 6.42 Å². The molecule has 0 spiro atoms. The molecule has 48 valence electrons. The first-order valence-electron chi connectivity index (χ1n) is 2.58. The molecule has 0 aliphatic heterocycles. The molecular formula is C5H7N3O. The number of aromatic nitrogens is 2. The Hall–Kier alpha value is -1.19. The molecule has 0 aliphatic carbocycles. The van der Waals surface area contributed by atoms with Gasteiger partial charge >= 0.3 is 0 Å². The highest BCUT2D eigenvalue weighted by Gasteiger charge is 1.97. The molecule has 0 saturated carbocycles. The zero-order valence-corrected chi connectivity index (χ0v) is 5.09. The first-order chi connectivity index (χ1) is 4.29. The Morgan fingerprint density at radius 1 is 1.89 bits per heavy atom. The van der Waals surface area contributed by atoms with Gasteiger partial charge in [0.2, 0.25) is 12.3 Å². The second-order valence-corrected chi connectivity index (χ2v) is 1.79. The van der Waals surface area contributed by atoms with E-state index in [0.29, 0.717) is 18.0 Å². The Kier molecular flexibility index (Phi) is 1.58. The van der Waals surface area contributed by atoms with Crippen LogP contribution in [0.1, 0.15) is 12.8 Å². The predicted octanol–water partition coefficient (Wildman–Crippen LogP) is 0.652. The van der Waals surface area contributed by atoms with Crippen LogP contribution < -0.4 is 0 Å². The summed E-state index contributed by atoms with van der Waals surface area (Å²) in [5, 5.41) is 14.1. The van der Waals surface area contributed by atoms with Crippen molar-refractivity contribution in [3.8, 4) is 0 Å². The Morgan fingerprint density at radius 3 is 3.11 bits per heavy atom. The summed E-state index contributed by atoms with van der Waals surface area (Å²) in [4.78, 5) is 0. The quantitative estimate of drug-likeness (QED) is 0.590. The summed E-state index contributed by atoms with van der Waals surface area (Å²) in [5.41, 5.74) is 0.527. The molecule has 1 aromatic heterocycles. The molecule has 0 atom stereocenters. The van der Waals surface area contributed by atoms with Crippen molar-refractivity contribution >= 4 is 5.71 Å². The molecule has 9 heavy (non-hydrogen) atoms. The van der Waals surface area contributed by atoms with Crippen LogP contribution in [0.5, 0.6) is 0 Å². The second kappa shape index (κ2) is 2.39. The standard InChI is InChI=1S/C5H7N3O/c1-4(6)2-5-8-7-3-9-5/h3,6H,2H2,1H3. The van der Waals surface area contributed by atoms with Crippen molar-refractivity contribution in [3.63, 3.8) is 0 Å². The number of nitrogens with zero attached hydrogens (tertiary/aromatic N) is 2. The third-order valence-corrected chi connectivity index (χ3v) is 0.822. The fraction of sp³-hybridized carbons (Fsp3) is 0.400. The van der Waals surface area contributed by atoms with Crippen molar-refractivity contribution in [2.24, 2.45) is 0 Å². The van der Waals surface area contributed by atoms with E-state index >= 15 is 0 Å². The summed E-state index contributed by atoms with van der Waals surface area (Å²) in [6.45, 7) is 1.70. The zero-order chi connectivity index (χ0) is 6.69. The van der Waals surface area contributed by atoms with E-state index < -0.39 is 0 Å². The molecule has 4 nitrogen and oxygen atoms in total. The lowest BCUT2D eigenvalue weighted by Gasteiger charge is -1.86. The largest absolute Gasteiger partial charge is 0.428 e. The maximum atomic E-state index is 7.04. The van der Waals surface area contributed by atoms with Gasteiger partial charge in [-0.05, 0) is 6.92 Å². The average molecular weight is 125 g/mol. The van der Waals surface area contributed by atoms with Crippen LogP contribution in [0.25, 0.3) is 0 Å². The van der Waals surface area contributed by atoms with Crippen LogP contribution in [0, 0.1) is 5.41 Å². The molecule has 1 rings (SSSR count). The molecule has 0 fully saturated rings. The van der Waals surface area contributed by atoms with Gasteiger partial charge in [-0.2, -0.15) is 0 Å². The number of rotatable bonds is 2. The molecule has 0 aromatic carbocycles. The second-order valence-electron chi connectivity index (χ2n) is 1.79. The van der Waals surface area contributed by atoms with E-state index in [0.717, 1.165) is 0 Å². The Bertz CT molecular complexity index is 192. The average Bonchev–Trinajstić information content (AvgIpc) is 2.15.